The van der Waals surface area contributed by atoms with Gasteiger partial charge >= 0.3 is 52.7 Å². The fraction of sp³-hybridized carbons (Fsp3) is 0.833. The molecule has 0 aliphatic rings. The minimum Gasteiger partial charge on any atom is -0.478 e. The summed E-state index contributed by atoms with van der Waals surface area (Å²) in [5, 5.41) is 7.85. The van der Waals surface area contributed by atoms with Crippen LogP contribution in [0.5, 0.6) is 0 Å². The molecular weight excluding hydrogens is 329 g/mol. The third-order valence-electron chi connectivity index (χ3n) is 0.773. The Bertz CT molecular complexity index is 122. The number of aliphatic carboxylic acids is 1. The van der Waals surface area contributed by atoms with E-state index >= 15 is 0 Å². The van der Waals surface area contributed by atoms with Crippen LogP contribution in [-0.4, -0.2) is 37.4 Å². The van der Waals surface area contributed by atoms with Crippen molar-refractivity contribution in [1.82, 2.24) is 0 Å². The fourth-order valence-corrected chi connectivity index (χ4v) is 1.19. The molecule has 71 valence electrons. The van der Waals surface area contributed by atoms with Crippen molar-refractivity contribution in [3.05, 3.63) is 0 Å². The Hall–Kier alpha value is 1.14. The van der Waals surface area contributed by atoms with Gasteiger partial charge in [0.25, 0.3) is 3.79 Å². The van der Waals surface area contributed by atoms with Gasteiger partial charge in [0.1, 0.15) is 0 Å². The largest absolute Gasteiger partial charge is 0.478 e. The molecule has 0 aliphatic heterocycles. The molecule has 12 heavy (non-hydrogen) atoms. The van der Waals surface area contributed by atoms with Gasteiger partial charge in [-0.25, -0.2) is 4.79 Å². The zero-order valence-electron chi connectivity index (χ0n) is 6.61. The Labute approximate surface area is 101 Å². The zero-order valence-corrected chi connectivity index (χ0v) is 11.7. The van der Waals surface area contributed by atoms with Crippen LogP contribution in [-0.2, 0) is 4.79 Å². The fourth-order valence-electron chi connectivity index (χ4n) is 0.177. The summed E-state index contributed by atoms with van der Waals surface area (Å²) in [5.74, 6) is -1.46. The summed E-state index contributed by atoms with van der Waals surface area (Å²) < 4.78 is -0.733. The van der Waals surface area contributed by atoms with Gasteiger partial charge in [-0.15, -0.1) is 0 Å². The molecule has 0 bridgehead atoms. The van der Waals surface area contributed by atoms with Crippen LogP contribution in [0, 0.1) is 0 Å². The molecule has 0 aromatic rings. The van der Waals surface area contributed by atoms with E-state index in [9.17, 15) is 4.79 Å². The Balaban J connectivity index is 0. The third-order valence-corrected chi connectivity index (χ3v) is 2.27. The number of carboxylic acids is 1. The van der Waals surface area contributed by atoms with Crippen LogP contribution >= 0.6 is 34.8 Å². The first-order valence-corrected chi connectivity index (χ1v) is 6.46. The second-order valence-electron chi connectivity index (χ2n) is 1.91. The molecule has 0 atom stereocenters. The molecule has 0 fully saturated rings. The second-order valence-corrected chi connectivity index (χ2v) is 5.61. The van der Waals surface area contributed by atoms with E-state index in [-0.39, 0.29) is 0 Å². The summed E-state index contributed by atoms with van der Waals surface area (Å²) in [5.41, 5.74) is 0. The molecule has 0 aromatic heterocycles. The number of alkyl halides is 3. The third kappa shape index (κ3) is 13.7. The smallest absolute Gasteiger partial charge is 0.356 e. The van der Waals surface area contributed by atoms with Gasteiger partial charge in [-0.1, -0.05) is 34.8 Å². The number of halogens is 3. The monoisotopic (exact) mass is 339 g/mol. The molecule has 0 saturated heterocycles. The van der Waals surface area contributed by atoms with Gasteiger partial charge in [-0.2, -0.15) is 0 Å². The van der Waals surface area contributed by atoms with Gasteiger partial charge in [0, 0.05) is 0 Å². The van der Waals surface area contributed by atoms with Gasteiger partial charge < -0.3 is 5.11 Å². The number of unbranched alkanes of at least 4 members (excludes halogenated alkanes) is 1. The number of carboxylic acid groups (broad SMARTS) is 1. The van der Waals surface area contributed by atoms with Crippen molar-refractivity contribution in [3.63, 3.8) is 0 Å². The number of hydrogen-bond acceptors (Lipinski definition) is 1. The van der Waals surface area contributed by atoms with Gasteiger partial charge in [0.2, 0.25) is 0 Å². The van der Waals surface area contributed by atoms with E-state index in [0.29, 0.717) is 0 Å². The predicted octanol–water partition coefficient (Wildman–Crippen LogP) is 2.81. The van der Waals surface area contributed by atoms with Crippen LogP contribution in [0.15, 0.2) is 0 Å². The Morgan fingerprint density at radius 2 is 1.83 bits per heavy atom. The SMILES string of the molecule is CCC[CH2][Sn].O=C(O)C(Cl)(Cl)Cl. The van der Waals surface area contributed by atoms with E-state index in [1.54, 1.807) is 22.5 Å². The van der Waals surface area contributed by atoms with Crippen molar-refractivity contribution >= 4 is 63.3 Å². The summed E-state index contributed by atoms with van der Waals surface area (Å²) in [6.45, 7) is 2.23. The van der Waals surface area contributed by atoms with Crippen molar-refractivity contribution < 1.29 is 9.90 Å². The molecule has 1 N–H and O–H groups in total. The van der Waals surface area contributed by atoms with Crippen LogP contribution in [0.1, 0.15) is 19.8 Å². The standard InChI is InChI=1S/C4H9.C2HCl3O2.Sn/c1-3-4-2;3-2(4,5)1(6)7;/h1,3-4H2,2H3;(H,6,7);. The molecule has 0 aliphatic carbocycles. The molecule has 0 amide bonds. The summed E-state index contributed by atoms with van der Waals surface area (Å²) in [6.07, 6.45) is 2.80. The predicted molar refractivity (Wildman–Crippen MR) is 53.4 cm³/mol. The maximum atomic E-state index is 9.62. The minimum atomic E-state index is -2.17. The zero-order chi connectivity index (χ0) is 10.2. The van der Waals surface area contributed by atoms with Crippen LogP contribution in [0.4, 0.5) is 0 Å². The van der Waals surface area contributed by atoms with Crippen LogP contribution < -0.4 is 0 Å². The minimum absolute atomic E-state index is 1.37. The van der Waals surface area contributed by atoms with E-state index < -0.39 is 9.76 Å². The Morgan fingerprint density at radius 3 is 1.83 bits per heavy atom. The van der Waals surface area contributed by atoms with Gasteiger partial charge in [0.15, 0.2) is 0 Å². The van der Waals surface area contributed by atoms with Crippen molar-refractivity contribution in [2.24, 2.45) is 0 Å². The van der Waals surface area contributed by atoms with Crippen molar-refractivity contribution in [1.29, 1.82) is 0 Å². The van der Waals surface area contributed by atoms with Crippen molar-refractivity contribution in [3.8, 4) is 0 Å². The van der Waals surface area contributed by atoms with E-state index in [0.717, 1.165) is 0 Å². The molecule has 0 saturated carbocycles. The van der Waals surface area contributed by atoms with E-state index in [1.165, 1.54) is 17.3 Å². The quantitative estimate of drug-likeness (QED) is 0.621. The van der Waals surface area contributed by atoms with E-state index in [1.807, 2.05) is 0 Å². The molecule has 0 heterocycles. The molecule has 0 unspecified atom stereocenters. The first-order valence-electron chi connectivity index (χ1n) is 3.31. The van der Waals surface area contributed by atoms with Gasteiger partial charge in [-0.3, -0.25) is 0 Å². The summed E-state index contributed by atoms with van der Waals surface area (Å²) in [4.78, 5) is 9.62. The Kier molecular flexibility index (Phi) is 11.3. The maximum absolute atomic E-state index is 9.62. The summed E-state index contributed by atoms with van der Waals surface area (Å²) in [6, 6.07) is 0. The molecular formula is C6H10Cl3O2Sn. The first-order chi connectivity index (χ1) is 5.36. The van der Waals surface area contributed by atoms with Crippen LogP contribution in [0.25, 0.3) is 0 Å². The average molecular weight is 339 g/mol. The van der Waals surface area contributed by atoms with Crippen molar-refractivity contribution in [2.45, 2.75) is 28.0 Å². The first kappa shape index (κ1) is 15.6. The number of hydrogen-bond donors (Lipinski definition) is 1. The molecule has 0 aromatic carbocycles. The number of rotatable bonds is 2. The van der Waals surface area contributed by atoms with Gasteiger partial charge in [-0.05, 0) is 0 Å². The van der Waals surface area contributed by atoms with Crippen molar-refractivity contribution in [2.75, 3.05) is 0 Å². The Morgan fingerprint density at radius 1 is 1.50 bits per heavy atom. The van der Waals surface area contributed by atoms with E-state index in [2.05, 4.69) is 6.92 Å². The normalized spacial score (nSPS) is 10.1. The summed E-state index contributed by atoms with van der Waals surface area (Å²) >= 11 is 16.1. The second kappa shape index (κ2) is 8.72. The van der Waals surface area contributed by atoms with Crippen LogP contribution in [0.2, 0.25) is 4.44 Å². The molecule has 2 nitrogen and oxygen atoms in total. The van der Waals surface area contributed by atoms with Gasteiger partial charge in [0.05, 0.1) is 0 Å². The number of carbonyl (C=O) groups is 1. The van der Waals surface area contributed by atoms with E-state index in [4.69, 9.17) is 39.9 Å². The average Bonchev–Trinajstić information content (AvgIpc) is 1.88. The van der Waals surface area contributed by atoms with Crippen LogP contribution in [0.3, 0.4) is 0 Å². The summed E-state index contributed by atoms with van der Waals surface area (Å²) in [7, 11) is 0. The molecule has 0 rings (SSSR count). The molecule has 6 heteroatoms. The molecule has 0 spiro atoms. The maximum Gasteiger partial charge on any atom is 0.356 e. The molecule has 3 radical (unpaired) electrons. The topological polar surface area (TPSA) is 37.3 Å².